The van der Waals surface area contributed by atoms with Gasteiger partial charge < -0.3 is 14.3 Å². The summed E-state index contributed by atoms with van der Waals surface area (Å²) in [4.78, 5) is 33.8. The Balaban J connectivity index is 1.32. The summed E-state index contributed by atoms with van der Waals surface area (Å²) in [6, 6.07) is 4.44. The van der Waals surface area contributed by atoms with E-state index < -0.39 is 5.82 Å². The van der Waals surface area contributed by atoms with Gasteiger partial charge in [0.2, 0.25) is 5.91 Å². The first-order valence-electron chi connectivity index (χ1n) is 16.5. The number of fused-ring (bicyclic) bond motifs is 1. The third kappa shape index (κ3) is 6.48. The molecule has 2 heterocycles. The second kappa shape index (κ2) is 13.7. The topological polar surface area (TPSA) is 69.9 Å². The van der Waals surface area contributed by atoms with E-state index in [1.807, 2.05) is 9.80 Å². The number of rotatable bonds is 12. The van der Waals surface area contributed by atoms with E-state index in [4.69, 9.17) is 16.1 Å². The van der Waals surface area contributed by atoms with Crippen molar-refractivity contribution in [1.29, 1.82) is 0 Å². The molecular formula is C35H48ClFN4O3. The molecule has 2 fully saturated rings. The molecule has 2 aromatic rings. The van der Waals surface area contributed by atoms with Crippen LogP contribution in [0.15, 0.2) is 34.4 Å². The molecule has 0 radical (unpaired) electrons. The number of piperazine rings is 1. The summed E-state index contributed by atoms with van der Waals surface area (Å²) in [5, 5.41) is 4.29. The Hall–Kier alpha value is -2.71. The van der Waals surface area contributed by atoms with Crippen LogP contribution in [-0.4, -0.2) is 77.5 Å². The van der Waals surface area contributed by atoms with Crippen molar-refractivity contribution in [1.82, 2.24) is 19.9 Å². The maximum Gasteiger partial charge on any atom is 0.260 e. The SMILES string of the molecule is CCCCC(CC)C(=O)N1CCN(CCN(CC2=CCC3CC2C3(C)C)C(=O)c2c(-c3c(F)cccc3Cl)noc2C)CC1. The van der Waals surface area contributed by atoms with E-state index in [9.17, 15) is 14.0 Å². The third-order valence-electron chi connectivity index (χ3n) is 10.6. The van der Waals surface area contributed by atoms with E-state index in [1.54, 1.807) is 13.0 Å². The quantitative estimate of drug-likeness (QED) is 0.232. The maximum absolute atomic E-state index is 15.0. The molecule has 6 rings (SSSR count). The van der Waals surface area contributed by atoms with Gasteiger partial charge in [0.05, 0.1) is 10.6 Å². The minimum Gasteiger partial charge on any atom is -0.360 e. The van der Waals surface area contributed by atoms with Gasteiger partial charge in [0, 0.05) is 51.7 Å². The predicted octanol–water partition coefficient (Wildman–Crippen LogP) is 7.24. The van der Waals surface area contributed by atoms with E-state index in [0.717, 1.165) is 51.6 Å². The zero-order valence-electron chi connectivity index (χ0n) is 27.0. The molecule has 3 aliphatic carbocycles. The van der Waals surface area contributed by atoms with Gasteiger partial charge in [0.15, 0.2) is 0 Å². The van der Waals surface area contributed by atoms with Gasteiger partial charge in [0.25, 0.3) is 5.91 Å². The van der Waals surface area contributed by atoms with Crippen molar-refractivity contribution < 1.29 is 18.5 Å². The monoisotopic (exact) mass is 626 g/mol. The summed E-state index contributed by atoms with van der Waals surface area (Å²) in [7, 11) is 0. The second-order valence-corrected chi connectivity index (χ2v) is 13.9. The Morgan fingerprint density at radius 2 is 1.95 bits per heavy atom. The van der Waals surface area contributed by atoms with E-state index in [1.165, 1.54) is 17.7 Å². The molecular weight excluding hydrogens is 579 g/mol. The highest BCUT2D eigenvalue weighted by Crippen LogP contribution is 2.59. The number of unbranched alkanes of at least 4 members (excludes halogenated alkanes) is 1. The van der Waals surface area contributed by atoms with Crippen LogP contribution in [0.3, 0.4) is 0 Å². The first-order valence-corrected chi connectivity index (χ1v) is 16.8. The van der Waals surface area contributed by atoms with Gasteiger partial charge in [-0.1, -0.05) is 75.0 Å². The van der Waals surface area contributed by atoms with Crippen molar-refractivity contribution >= 4 is 23.4 Å². The lowest BCUT2D eigenvalue weighted by Crippen LogP contribution is -2.53. The highest BCUT2D eigenvalue weighted by atomic mass is 35.5. The Bertz CT molecular complexity index is 1360. The summed E-state index contributed by atoms with van der Waals surface area (Å²) in [5.41, 5.74) is 2.02. The van der Waals surface area contributed by atoms with Gasteiger partial charge in [0.1, 0.15) is 22.8 Å². The molecule has 1 saturated heterocycles. The lowest BCUT2D eigenvalue weighted by Gasteiger charge is -2.57. The van der Waals surface area contributed by atoms with Crippen LogP contribution in [0.5, 0.6) is 0 Å². The van der Waals surface area contributed by atoms with Crippen LogP contribution in [0.25, 0.3) is 11.3 Å². The molecule has 3 unspecified atom stereocenters. The molecule has 3 atom stereocenters. The number of carbonyl (C=O) groups is 2. The minimum absolute atomic E-state index is 0.0827. The van der Waals surface area contributed by atoms with Crippen LogP contribution < -0.4 is 0 Å². The van der Waals surface area contributed by atoms with Gasteiger partial charge in [-0.3, -0.25) is 14.5 Å². The molecule has 1 saturated carbocycles. The molecule has 240 valence electrons. The van der Waals surface area contributed by atoms with E-state index in [-0.39, 0.29) is 45.0 Å². The normalized spacial score (nSPS) is 21.9. The molecule has 44 heavy (non-hydrogen) atoms. The van der Waals surface area contributed by atoms with E-state index in [0.29, 0.717) is 50.3 Å². The molecule has 1 aliphatic heterocycles. The van der Waals surface area contributed by atoms with Crippen molar-refractivity contribution in [3.8, 4) is 11.3 Å². The number of aryl methyl sites for hydroxylation is 1. The first-order chi connectivity index (χ1) is 21.1. The smallest absolute Gasteiger partial charge is 0.260 e. The summed E-state index contributed by atoms with van der Waals surface area (Å²) < 4.78 is 20.5. The number of carbonyl (C=O) groups excluding carboxylic acids is 2. The fourth-order valence-electron chi connectivity index (χ4n) is 7.47. The molecule has 1 aromatic heterocycles. The zero-order valence-corrected chi connectivity index (χ0v) is 27.8. The number of nitrogens with zero attached hydrogens (tertiary/aromatic N) is 4. The summed E-state index contributed by atoms with van der Waals surface area (Å²) in [6.45, 7) is 15.3. The highest BCUT2D eigenvalue weighted by molar-refractivity contribution is 6.33. The molecule has 7 nitrogen and oxygen atoms in total. The molecule has 1 aromatic carbocycles. The van der Waals surface area contributed by atoms with Crippen LogP contribution in [-0.2, 0) is 4.79 Å². The van der Waals surface area contributed by atoms with Crippen LogP contribution in [0.2, 0.25) is 5.02 Å². The number of amides is 2. The Labute approximate surface area is 266 Å². The maximum atomic E-state index is 15.0. The predicted molar refractivity (Wildman–Crippen MR) is 172 cm³/mol. The number of allylic oxidation sites excluding steroid dienone is 1. The van der Waals surface area contributed by atoms with Gasteiger partial charge in [-0.2, -0.15) is 0 Å². The molecule has 2 bridgehead atoms. The Morgan fingerprint density at radius 3 is 2.59 bits per heavy atom. The number of aromatic nitrogens is 1. The average molecular weight is 627 g/mol. The highest BCUT2D eigenvalue weighted by Gasteiger charge is 2.51. The van der Waals surface area contributed by atoms with Gasteiger partial charge in [-0.15, -0.1) is 0 Å². The lowest BCUT2D eigenvalue weighted by atomic mass is 9.49. The van der Waals surface area contributed by atoms with Crippen molar-refractivity contribution in [3.63, 3.8) is 0 Å². The largest absolute Gasteiger partial charge is 0.360 e. The minimum atomic E-state index is -0.545. The zero-order chi connectivity index (χ0) is 31.6. The number of halogens is 2. The fraction of sp³-hybridized carbons (Fsp3) is 0.629. The lowest BCUT2D eigenvalue weighted by molar-refractivity contribution is -0.137. The van der Waals surface area contributed by atoms with Crippen molar-refractivity contribution in [2.75, 3.05) is 45.8 Å². The standard InChI is InChI=1S/C35H48ClFN4O3/c1-6-8-10-24(7-2)33(42)40-18-15-39(16-19-40)17-20-41(22-25-13-14-26-21-27(25)35(26,4)5)34(43)30-23(3)44-38-32(30)31-28(36)11-9-12-29(31)37/h9,11-13,24,26-27H,6-8,10,14-22H2,1-5H3. The van der Waals surface area contributed by atoms with Gasteiger partial charge >= 0.3 is 0 Å². The molecule has 2 amide bonds. The second-order valence-electron chi connectivity index (χ2n) is 13.5. The van der Waals surface area contributed by atoms with Gasteiger partial charge in [-0.05, 0) is 62.0 Å². The third-order valence-corrected chi connectivity index (χ3v) is 11.0. The van der Waals surface area contributed by atoms with E-state index >= 15 is 0 Å². The van der Waals surface area contributed by atoms with Crippen LogP contribution >= 0.6 is 11.6 Å². The summed E-state index contributed by atoms with van der Waals surface area (Å²) in [5.74, 6) is 1.11. The molecule has 4 aliphatic rings. The molecule has 9 heteroatoms. The van der Waals surface area contributed by atoms with Crippen LogP contribution in [0.1, 0.15) is 82.3 Å². The Kier molecular flexibility index (Phi) is 10.2. The summed E-state index contributed by atoms with van der Waals surface area (Å²) >= 11 is 6.40. The fourth-order valence-corrected chi connectivity index (χ4v) is 7.72. The van der Waals surface area contributed by atoms with Crippen LogP contribution in [0, 0.1) is 35.9 Å². The molecule has 0 spiro atoms. The average Bonchev–Trinajstić information content (AvgIpc) is 3.39. The number of hydrogen-bond acceptors (Lipinski definition) is 5. The van der Waals surface area contributed by atoms with Crippen molar-refractivity contribution in [2.24, 2.45) is 23.2 Å². The summed E-state index contributed by atoms with van der Waals surface area (Å²) in [6.07, 6.45) is 8.55. The van der Waals surface area contributed by atoms with Crippen molar-refractivity contribution in [3.05, 3.63) is 52.0 Å². The first kappa shape index (κ1) is 32.7. The molecule has 0 N–H and O–H groups in total. The Morgan fingerprint density at radius 1 is 1.20 bits per heavy atom. The van der Waals surface area contributed by atoms with E-state index in [2.05, 4.69) is 43.8 Å². The van der Waals surface area contributed by atoms with Crippen molar-refractivity contribution in [2.45, 2.75) is 73.1 Å². The van der Waals surface area contributed by atoms with Crippen LogP contribution in [0.4, 0.5) is 4.39 Å². The van der Waals surface area contributed by atoms with Gasteiger partial charge in [-0.25, -0.2) is 4.39 Å². The number of hydrogen-bond donors (Lipinski definition) is 0. The number of benzene rings is 1.